The number of nitrogens with zero attached hydrogens (tertiary/aromatic N) is 2. The van der Waals surface area contributed by atoms with E-state index in [9.17, 15) is 0 Å². The van der Waals surface area contributed by atoms with Gasteiger partial charge in [-0.3, -0.25) is 0 Å². The lowest BCUT2D eigenvalue weighted by molar-refractivity contribution is 0.619. The van der Waals surface area contributed by atoms with Crippen LogP contribution < -0.4 is 5.73 Å². The molecule has 0 aliphatic rings. The van der Waals surface area contributed by atoms with Crippen LogP contribution in [0.25, 0.3) is 21.8 Å². The number of nitrogen functional groups attached to an aromatic ring is 1. The summed E-state index contributed by atoms with van der Waals surface area (Å²) in [6.45, 7) is 3.16. The second kappa shape index (κ2) is 4.92. The van der Waals surface area contributed by atoms with Crippen molar-refractivity contribution >= 4 is 27.8 Å². The molecule has 0 bridgehead atoms. The Labute approximate surface area is 113 Å². The molecule has 3 nitrogen and oxygen atoms in total. The molecule has 3 rings (SSSR count). The molecule has 19 heavy (non-hydrogen) atoms. The van der Waals surface area contributed by atoms with E-state index in [0.29, 0.717) is 5.95 Å². The fourth-order valence-corrected chi connectivity index (χ4v) is 2.58. The maximum atomic E-state index is 6.05. The number of hydrogen-bond acceptors (Lipinski definition) is 2. The first-order valence-electron chi connectivity index (χ1n) is 6.94. The van der Waals surface area contributed by atoms with Crippen molar-refractivity contribution in [2.75, 3.05) is 5.73 Å². The fraction of sp³-hybridized carbons (Fsp3) is 0.312. The molecule has 0 spiro atoms. The molecular formula is C16H19N3. The molecule has 0 aliphatic heterocycles. The Morgan fingerprint density at radius 2 is 1.84 bits per heavy atom. The van der Waals surface area contributed by atoms with Gasteiger partial charge in [0.05, 0.1) is 11.0 Å². The summed E-state index contributed by atoms with van der Waals surface area (Å²) < 4.78 is 2.14. The third-order valence-corrected chi connectivity index (χ3v) is 3.63. The lowest BCUT2D eigenvalue weighted by Crippen LogP contribution is -2.03. The Balaban J connectivity index is 2.10. The van der Waals surface area contributed by atoms with Crippen molar-refractivity contribution in [1.82, 2.24) is 9.55 Å². The molecule has 98 valence electrons. The number of rotatable bonds is 4. The smallest absolute Gasteiger partial charge is 0.201 e. The van der Waals surface area contributed by atoms with E-state index < -0.39 is 0 Å². The molecule has 0 atom stereocenters. The van der Waals surface area contributed by atoms with Crippen LogP contribution in [0.3, 0.4) is 0 Å². The SMILES string of the molecule is CCCCCn1c(N)nc2cc3ccccc3cc21. The Morgan fingerprint density at radius 3 is 2.58 bits per heavy atom. The normalized spacial score (nSPS) is 11.4. The number of aryl methyl sites for hydroxylation is 1. The standard InChI is InChI=1S/C16H19N3/c1-2-3-6-9-19-15-11-13-8-5-4-7-12(13)10-14(15)18-16(19)17/h4-5,7-8,10-11H,2-3,6,9H2,1H3,(H2,17,18). The minimum atomic E-state index is 0.626. The predicted molar refractivity (Wildman–Crippen MR) is 81.2 cm³/mol. The lowest BCUT2D eigenvalue weighted by Gasteiger charge is -2.06. The Hall–Kier alpha value is -2.03. The van der Waals surface area contributed by atoms with Crippen molar-refractivity contribution < 1.29 is 0 Å². The Bertz CT molecular complexity index is 712. The molecule has 1 heterocycles. The van der Waals surface area contributed by atoms with Gasteiger partial charge < -0.3 is 10.3 Å². The molecule has 0 aliphatic carbocycles. The van der Waals surface area contributed by atoms with Crippen LogP contribution in [-0.4, -0.2) is 9.55 Å². The van der Waals surface area contributed by atoms with Gasteiger partial charge in [-0.25, -0.2) is 4.98 Å². The van der Waals surface area contributed by atoms with Crippen LogP contribution in [0.5, 0.6) is 0 Å². The zero-order valence-corrected chi connectivity index (χ0v) is 11.3. The quantitative estimate of drug-likeness (QED) is 0.715. The minimum Gasteiger partial charge on any atom is -0.369 e. The Morgan fingerprint density at radius 1 is 1.11 bits per heavy atom. The van der Waals surface area contributed by atoms with Crippen LogP contribution in [0.2, 0.25) is 0 Å². The van der Waals surface area contributed by atoms with E-state index in [1.807, 2.05) is 0 Å². The molecule has 0 fully saturated rings. The van der Waals surface area contributed by atoms with E-state index in [-0.39, 0.29) is 0 Å². The van der Waals surface area contributed by atoms with Crippen molar-refractivity contribution in [3.63, 3.8) is 0 Å². The zero-order chi connectivity index (χ0) is 13.2. The molecule has 1 aromatic heterocycles. The zero-order valence-electron chi connectivity index (χ0n) is 11.3. The first-order chi connectivity index (χ1) is 9.29. The first-order valence-corrected chi connectivity index (χ1v) is 6.94. The molecule has 3 heteroatoms. The number of anilines is 1. The first kappa shape index (κ1) is 12.0. The average Bonchev–Trinajstić information content (AvgIpc) is 2.72. The van der Waals surface area contributed by atoms with Crippen LogP contribution in [0.15, 0.2) is 36.4 Å². The van der Waals surface area contributed by atoms with Crippen LogP contribution in [0, 0.1) is 0 Å². The molecule has 2 aromatic carbocycles. The summed E-state index contributed by atoms with van der Waals surface area (Å²) in [7, 11) is 0. The highest BCUT2D eigenvalue weighted by molar-refractivity contribution is 5.96. The highest BCUT2D eigenvalue weighted by Gasteiger charge is 2.08. The van der Waals surface area contributed by atoms with E-state index in [1.165, 1.54) is 23.6 Å². The van der Waals surface area contributed by atoms with E-state index in [1.54, 1.807) is 0 Å². The summed E-state index contributed by atoms with van der Waals surface area (Å²) in [6.07, 6.45) is 3.60. The summed E-state index contributed by atoms with van der Waals surface area (Å²) in [5.41, 5.74) is 8.19. The van der Waals surface area contributed by atoms with Gasteiger partial charge in [-0.05, 0) is 29.3 Å². The molecule has 0 unspecified atom stereocenters. The largest absolute Gasteiger partial charge is 0.369 e. The van der Waals surface area contributed by atoms with Crippen LogP contribution in [-0.2, 0) is 6.54 Å². The topological polar surface area (TPSA) is 43.8 Å². The summed E-state index contributed by atoms with van der Waals surface area (Å²) >= 11 is 0. The van der Waals surface area contributed by atoms with E-state index in [4.69, 9.17) is 5.73 Å². The number of aromatic nitrogens is 2. The van der Waals surface area contributed by atoms with Gasteiger partial charge in [-0.15, -0.1) is 0 Å². The molecule has 0 radical (unpaired) electrons. The number of benzene rings is 2. The van der Waals surface area contributed by atoms with Crippen molar-refractivity contribution in [3.05, 3.63) is 36.4 Å². The van der Waals surface area contributed by atoms with Crippen LogP contribution in [0.4, 0.5) is 5.95 Å². The molecule has 0 amide bonds. The molecular weight excluding hydrogens is 234 g/mol. The Kier molecular flexibility index (Phi) is 3.11. The number of hydrogen-bond donors (Lipinski definition) is 1. The lowest BCUT2D eigenvalue weighted by atomic mass is 10.1. The van der Waals surface area contributed by atoms with Crippen LogP contribution in [0.1, 0.15) is 26.2 Å². The third-order valence-electron chi connectivity index (χ3n) is 3.63. The van der Waals surface area contributed by atoms with Gasteiger partial charge in [0.2, 0.25) is 5.95 Å². The molecule has 2 N–H and O–H groups in total. The van der Waals surface area contributed by atoms with Gasteiger partial charge in [-0.1, -0.05) is 44.0 Å². The summed E-state index contributed by atoms with van der Waals surface area (Å²) in [6, 6.07) is 12.7. The maximum absolute atomic E-state index is 6.05. The highest BCUT2D eigenvalue weighted by atomic mass is 15.1. The summed E-state index contributed by atoms with van der Waals surface area (Å²) in [5.74, 6) is 0.626. The van der Waals surface area contributed by atoms with Gasteiger partial charge >= 0.3 is 0 Å². The van der Waals surface area contributed by atoms with Crippen molar-refractivity contribution in [1.29, 1.82) is 0 Å². The molecule has 0 saturated heterocycles. The van der Waals surface area contributed by atoms with Crippen molar-refractivity contribution in [2.45, 2.75) is 32.7 Å². The van der Waals surface area contributed by atoms with E-state index in [2.05, 4.69) is 52.9 Å². The van der Waals surface area contributed by atoms with Crippen molar-refractivity contribution in [2.24, 2.45) is 0 Å². The average molecular weight is 253 g/mol. The number of nitrogens with two attached hydrogens (primary N) is 1. The highest BCUT2D eigenvalue weighted by Crippen LogP contribution is 2.25. The van der Waals surface area contributed by atoms with Gasteiger partial charge in [-0.2, -0.15) is 0 Å². The van der Waals surface area contributed by atoms with E-state index >= 15 is 0 Å². The number of imidazole rings is 1. The molecule has 3 aromatic rings. The predicted octanol–water partition coefficient (Wildman–Crippen LogP) is 3.96. The van der Waals surface area contributed by atoms with Crippen molar-refractivity contribution in [3.8, 4) is 0 Å². The van der Waals surface area contributed by atoms with Crippen LogP contribution >= 0.6 is 0 Å². The number of fused-ring (bicyclic) bond motifs is 2. The monoisotopic (exact) mass is 253 g/mol. The van der Waals surface area contributed by atoms with Gasteiger partial charge in [0, 0.05) is 6.54 Å². The van der Waals surface area contributed by atoms with E-state index in [0.717, 1.165) is 24.0 Å². The fourth-order valence-electron chi connectivity index (χ4n) is 2.58. The van der Waals surface area contributed by atoms with Gasteiger partial charge in [0.15, 0.2) is 0 Å². The summed E-state index contributed by atoms with van der Waals surface area (Å²) in [4.78, 5) is 4.48. The second-order valence-corrected chi connectivity index (χ2v) is 5.02. The maximum Gasteiger partial charge on any atom is 0.201 e. The van der Waals surface area contributed by atoms with Gasteiger partial charge in [0.25, 0.3) is 0 Å². The second-order valence-electron chi connectivity index (χ2n) is 5.02. The number of unbranched alkanes of at least 4 members (excludes halogenated alkanes) is 2. The van der Waals surface area contributed by atoms with Gasteiger partial charge in [0.1, 0.15) is 0 Å². The minimum absolute atomic E-state index is 0.626. The molecule has 0 saturated carbocycles. The third kappa shape index (κ3) is 2.16. The summed E-state index contributed by atoms with van der Waals surface area (Å²) in [5, 5.41) is 2.46.